The van der Waals surface area contributed by atoms with Crippen molar-refractivity contribution in [2.75, 3.05) is 78.5 Å². The number of carbonyl (C=O) groups excluding carboxylic acids is 3. The van der Waals surface area contributed by atoms with Crippen molar-refractivity contribution in [2.24, 2.45) is 0 Å². The van der Waals surface area contributed by atoms with Crippen LogP contribution < -0.4 is 46.1 Å². The summed E-state index contributed by atoms with van der Waals surface area (Å²) in [6, 6.07) is 48.5. The van der Waals surface area contributed by atoms with Crippen LogP contribution in [0.5, 0.6) is 17.2 Å². The van der Waals surface area contributed by atoms with Crippen LogP contribution >= 0.6 is 0 Å². The standard InChI is InChI=1S/C31H32F3N5O2.C29H32F3N5O2.C29H32N6O2/c32-31(33,34)25-7-5-24(6-8-25)30(13-15-36-16-14-30)41-27-9-10-28(37-20-27)29(40)38-26-11-17-39(18-12-26)21-23-3-1-22(19-35)2-4-23;30-29(31,32)23-5-1-4-22(17-23)28(10-13-33-14-11-28)39-25-6-7-26(35-19-25)27(38)36-24-8-15-37(16-9-24)20-21-3-2-12-34-18-21;30-18-23-5-1-2-6-26(23)29(11-14-31-15-12-29)37-25-7-8-27(33-20-25)28(36)34-24-9-16-35(17-10-24)21-22-4-3-13-32-19-22/h1-10,20,26,36H,11-18,21H2,(H,38,40);1-7,12,17-19,24,33H,8-11,13-16,20H2,(H,36,38);1-8,13,19-20,24,31H,9-12,14-17,21H2,(H,34,36). The molecule has 610 valence electrons. The summed E-state index contributed by atoms with van der Waals surface area (Å²) in [5.74, 6) is 0.802. The molecule has 15 rings (SSSR count). The highest BCUT2D eigenvalue weighted by molar-refractivity contribution is 5.93. The zero-order valence-electron chi connectivity index (χ0n) is 65.1. The summed E-state index contributed by atoms with van der Waals surface area (Å²) in [7, 11) is 0. The maximum absolute atomic E-state index is 13.4. The number of nitrogens with one attached hydrogen (secondary N) is 6. The number of piperidine rings is 6. The molecule has 4 aromatic carbocycles. The Hall–Kier alpha value is -11.2. The largest absolute Gasteiger partial charge is 0.481 e. The Morgan fingerprint density at radius 1 is 0.419 bits per heavy atom. The fourth-order valence-corrected chi connectivity index (χ4v) is 16.1. The topological polar surface area (TPSA) is 273 Å². The van der Waals surface area contributed by atoms with Gasteiger partial charge in [0, 0.05) is 146 Å². The molecule has 0 bridgehead atoms. The number of amides is 3. The van der Waals surface area contributed by atoms with Crippen LogP contribution in [0.25, 0.3) is 0 Å². The average Bonchev–Trinajstić information content (AvgIpc) is 0.788. The van der Waals surface area contributed by atoms with E-state index in [0.29, 0.717) is 97.1 Å². The van der Waals surface area contributed by atoms with E-state index in [9.17, 15) is 46.0 Å². The third-order valence-electron chi connectivity index (χ3n) is 22.6. The van der Waals surface area contributed by atoms with Crippen molar-refractivity contribution in [3.05, 3.63) is 274 Å². The van der Waals surface area contributed by atoms with Gasteiger partial charge in [0.15, 0.2) is 0 Å². The predicted molar refractivity (Wildman–Crippen MR) is 427 cm³/mol. The van der Waals surface area contributed by atoms with Crippen molar-refractivity contribution in [2.45, 2.75) is 144 Å². The highest BCUT2D eigenvalue weighted by Gasteiger charge is 2.42. The molecular weight excluding hydrogens is 1500 g/mol. The zero-order valence-corrected chi connectivity index (χ0v) is 65.1. The second-order valence-electron chi connectivity index (χ2n) is 30.6. The van der Waals surface area contributed by atoms with Crippen molar-refractivity contribution in [3.8, 4) is 29.4 Å². The Balaban J connectivity index is 0.000000153. The minimum absolute atomic E-state index is 0.0510. The Morgan fingerprint density at radius 3 is 1.21 bits per heavy atom. The molecule has 11 heterocycles. The van der Waals surface area contributed by atoms with E-state index in [-0.39, 0.29) is 47.2 Å². The fraction of sp³-hybridized carbons (Fsp3) is 0.393. The lowest BCUT2D eigenvalue weighted by atomic mass is 9.82. The van der Waals surface area contributed by atoms with E-state index in [1.807, 2.05) is 73.1 Å². The molecule has 9 aromatic rings. The number of rotatable bonds is 21. The molecule has 28 heteroatoms. The smallest absolute Gasteiger partial charge is 0.416 e. The molecule has 0 unspecified atom stereocenters. The summed E-state index contributed by atoms with van der Waals surface area (Å²) in [5.41, 5.74) is 4.10. The lowest BCUT2D eigenvalue weighted by Gasteiger charge is -2.38. The highest BCUT2D eigenvalue weighted by Crippen LogP contribution is 2.42. The SMILES string of the molecule is N#Cc1ccc(CN2CCC(NC(=O)c3ccc(OC4(c5ccc(C(F)(F)F)cc5)CCNCC4)cn3)CC2)cc1.N#Cc1ccccc1C1(Oc2ccc(C(=O)NC3CCN(Cc4cccnc4)CC3)nc2)CCNCC1.O=C(NC1CCN(Cc2cccnc2)CC1)c1ccc(OC2(c3cccc(C(F)(F)F)c3)CCNCC2)cn1. The van der Waals surface area contributed by atoms with Gasteiger partial charge in [-0.3, -0.25) is 39.1 Å². The van der Waals surface area contributed by atoms with Crippen LogP contribution in [0.15, 0.2) is 201 Å². The van der Waals surface area contributed by atoms with Crippen molar-refractivity contribution in [1.29, 1.82) is 10.5 Å². The molecule has 117 heavy (non-hydrogen) atoms. The fourth-order valence-electron chi connectivity index (χ4n) is 16.1. The Bertz CT molecular complexity index is 4790. The van der Waals surface area contributed by atoms with Gasteiger partial charge >= 0.3 is 12.4 Å². The first-order valence-corrected chi connectivity index (χ1v) is 40.0. The molecule has 0 saturated carbocycles. The molecule has 3 amide bonds. The van der Waals surface area contributed by atoms with Gasteiger partial charge in [-0.25, -0.2) is 15.0 Å². The van der Waals surface area contributed by atoms with E-state index in [2.05, 4.69) is 95.8 Å². The molecule has 6 aliphatic heterocycles. The van der Waals surface area contributed by atoms with Crippen LogP contribution in [0.3, 0.4) is 0 Å². The van der Waals surface area contributed by atoms with Crippen molar-refractivity contribution in [1.82, 2.24) is 71.5 Å². The van der Waals surface area contributed by atoms with Crippen molar-refractivity contribution in [3.63, 3.8) is 0 Å². The van der Waals surface area contributed by atoms with Crippen molar-refractivity contribution >= 4 is 17.7 Å². The molecule has 6 N–H and O–H groups in total. The molecule has 0 aliphatic carbocycles. The second-order valence-corrected chi connectivity index (χ2v) is 30.6. The van der Waals surface area contributed by atoms with Crippen molar-refractivity contribution < 1.29 is 54.9 Å². The van der Waals surface area contributed by atoms with Gasteiger partial charge in [0.25, 0.3) is 17.7 Å². The first-order chi connectivity index (χ1) is 56.7. The molecule has 6 fully saturated rings. The summed E-state index contributed by atoms with van der Waals surface area (Å²) < 4.78 is 98.6. The van der Waals surface area contributed by atoms with Crippen LogP contribution in [0, 0.1) is 22.7 Å². The van der Waals surface area contributed by atoms with E-state index in [0.717, 1.165) is 153 Å². The summed E-state index contributed by atoms with van der Waals surface area (Å²) >= 11 is 0. The maximum Gasteiger partial charge on any atom is 0.416 e. The van der Waals surface area contributed by atoms with E-state index >= 15 is 0 Å². The second kappa shape index (κ2) is 39.1. The van der Waals surface area contributed by atoms with E-state index in [1.54, 1.807) is 61.1 Å². The molecule has 6 aliphatic rings. The van der Waals surface area contributed by atoms with E-state index in [1.165, 1.54) is 47.8 Å². The van der Waals surface area contributed by atoms with Gasteiger partial charge in [0.1, 0.15) is 51.1 Å². The normalized spacial score (nSPS) is 18.1. The van der Waals surface area contributed by atoms with Gasteiger partial charge in [-0.15, -0.1) is 0 Å². The number of nitriles is 2. The number of hydrogen-bond acceptors (Lipinski definition) is 19. The van der Waals surface area contributed by atoms with E-state index in [4.69, 9.17) is 19.5 Å². The van der Waals surface area contributed by atoms with Gasteiger partial charge in [0.05, 0.1) is 53.0 Å². The number of aromatic nitrogens is 5. The number of alkyl halides is 6. The summed E-state index contributed by atoms with van der Waals surface area (Å²) in [6.45, 7) is 12.0. The number of ether oxygens (including phenoxy) is 3. The third-order valence-corrected chi connectivity index (χ3v) is 22.6. The number of nitrogens with zero attached hydrogens (tertiary/aromatic N) is 10. The molecule has 6 saturated heterocycles. The number of halogens is 6. The Morgan fingerprint density at radius 2 is 0.821 bits per heavy atom. The van der Waals surface area contributed by atoms with Gasteiger partial charge in [0.2, 0.25) is 0 Å². The maximum atomic E-state index is 13.4. The molecule has 0 spiro atoms. The summed E-state index contributed by atoms with van der Waals surface area (Å²) in [5, 5.41) is 37.8. The van der Waals surface area contributed by atoms with Crippen LogP contribution in [0.2, 0.25) is 0 Å². The summed E-state index contributed by atoms with van der Waals surface area (Å²) in [6.07, 6.45) is 11.9. The predicted octanol–water partition coefficient (Wildman–Crippen LogP) is 13.0. The van der Waals surface area contributed by atoms with Crippen LogP contribution in [0.4, 0.5) is 26.3 Å². The van der Waals surface area contributed by atoms with Gasteiger partial charge in [-0.2, -0.15) is 36.9 Å². The van der Waals surface area contributed by atoms with Gasteiger partial charge in [-0.1, -0.05) is 66.7 Å². The first kappa shape index (κ1) is 83.7. The number of benzene rings is 4. The van der Waals surface area contributed by atoms with Gasteiger partial charge in [-0.05, 0) is 197 Å². The number of likely N-dealkylation sites (tertiary alicyclic amines) is 3. The molecule has 0 radical (unpaired) electrons. The minimum Gasteiger partial charge on any atom is -0.481 e. The molecule has 0 atom stereocenters. The van der Waals surface area contributed by atoms with Crippen LogP contribution in [-0.2, 0) is 48.8 Å². The zero-order chi connectivity index (χ0) is 81.7. The lowest BCUT2D eigenvalue weighted by molar-refractivity contribution is -0.138. The highest BCUT2D eigenvalue weighted by atomic mass is 19.4. The van der Waals surface area contributed by atoms with Crippen LogP contribution in [0.1, 0.15) is 164 Å². The quantitative estimate of drug-likeness (QED) is 0.0365. The number of pyridine rings is 5. The Labute approximate surface area is 677 Å². The first-order valence-electron chi connectivity index (χ1n) is 40.0. The molecular formula is C89H96F6N16O6. The average molecular weight is 1600 g/mol. The monoisotopic (exact) mass is 1600 g/mol. The van der Waals surface area contributed by atoms with Crippen LogP contribution in [-0.4, -0.2) is 154 Å². The lowest BCUT2D eigenvalue weighted by Crippen LogP contribution is -2.44. The molecule has 22 nitrogen and oxygen atoms in total. The minimum atomic E-state index is -4.43. The third kappa shape index (κ3) is 22.7. The Kier molecular flexibility index (Phi) is 28.0. The number of carbonyl (C=O) groups is 3. The number of hydrogen-bond donors (Lipinski definition) is 6. The summed E-state index contributed by atoms with van der Waals surface area (Å²) in [4.78, 5) is 67.1. The van der Waals surface area contributed by atoms with E-state index < -0.39 is 40.3 Å². The molecule has 5 aromatic heterocycles. The van der Waals surface area contributed by atoms with Gasteiger partial charge < -0.3 is 46.1 Å².